The highest BCUT2D eigenvalue weighted by molar-refractivity contribution is 6.00. The maximum atomic E-state index is 11.7. The molecule has 92 valence electrons. The van der Waals surface area contributed by atoms with Gasteiger partial charge in [-0.05, 0) is 17.8 Å². The average Bonchev–Trinajstić information content (AvgIpc) is 2.15. The Labute approximate surface area is 98.2 Å². The van der Waals surface area contributed by atoms with E-state index in [-0.39, 0.29) is 18.1 Å². The van der Waals surface area contributed by atoms with Crippen molar-refractivity contribution in [3.05, 3.63) is 0 Å². The van der Waals surface area contributed by atoms with Crippen molar-refractivity contribution in [2.45, 2.75) is 40.5 Å². The van der Waals surface area contributed by atoms with Gasteiger partial charge in [0, 0.05) is 19.5 Å². The SMILES string of the molecule is CC(C)C(CN1CCC(=O)CC1=O)C(C)C. The van der Waals surface area contributed by atoms with E-state index in [9.17, 15) is 9.59 Å². The van der Waals surface area contributed by atoms with Crippen LogP contribution in [0.15, 0.2) is 0 Å². The fourth-order valence-corrected chi connectivity index (χ4v) is 2.39. The van der Waals surface area contributed by atoms with Crippen LogP contribution < -0.4 is 0 Å². The summed E-state index contributed by atoms with van der Waals surface area (Å²) in [5, 5.41) is 0. The average molecular weight is 225 g/mol. The number of piperidine rings is 1. The van der Waals surface area contributed by atoms with E-state index in [0.29, 0.717) is 30.7 Å². The standard InChI is InChI=1S/C13H23NO2/c1-9(2)12(10(3)4)8-14-6-5-11(15)7-13(14)16/h9-10,12H,5-8H2,1-4H3. The number of carbonyl (C=O) groups is 2. The molecule has 0 aliphatic carbocycles. The summed E-state index contributed by atoms with van der Waals surface area (Å²) in [6.45, 7) is 10.2. The molecule has 1 rings (SSSR count). The lowest BCUT2D eigenvalue weighted by Gasteiger charge is -2.33. The van der Waals surface area contributed by atoms with Crippen molar-refractivity contribution in [1.29, 1.82) is 0 Å². The van der Waals surface area contributed by atoms with E-state index < -0.39 is 0 Å². The molecule has 1 aliphatic rings. The number of hydrogen-bond acceptors (Lipinski definition) is 2. The molecule has 1 amide bonds. The van der Waals surface area contributed by atoms with E-state index in [1.807, 2.05) is 4.90 Å². The molecule has 0 aromatic heterocycles. The minimum Gasteiger partial charge on any atom is -0.342 e. The lowest BCUT2D eigenvalue weighted by Crippen LogP contribution is -2.43. The Morgan fingerprint density at radius 3 is 2.12 bits per heavy atom. The molecular weight excluding hydrogens is 202 g/mol. The molecule has 1 aliphatic heterocycles. The molecular formula is C13H23NO2. The van der Waals surface area contributed by atoms with E-state index >= 15 is 0 Å². The first-order valence-electron chi connectivity index (χ1n) is 6.21. The van der Waals surface area contributed by atoms with Crippen LogP contribution in [0.5, 0.6) is 0 Å². The first-order chi connectivity index (χ1) is 7.41. The monoisotopic (exact) mass is 225 g/mol. The number of rotatable bonds is 4. The van der Waals surface area contributed by atoms with E-state index in [1.54, 1.807) is 0 Å². The van der Waals surface area contributed by atoms with Crippen molar-refractivity contribution in [3.63, 3.8) is 0 Å². The van der Waals surface area contributed by atoms with Gasteiger partial charge >= 0.3 is 0 Å². The molecule has 0 spiro atoms. The number of ketones is 1. The number of carbonyl (C=O) groups excluding carboxylic acids is 2. The summed E-state index contributed by atoms with van der Waals surface area (Å²) in [6.07, 6.45) is 0.650. The Morgan fingerprint density at radius 2 is 1.69 bits per heavy atom. The van der Waals surface area contributed by atoms with E-state index in [4.69, 9.17) is 0 Å². The van der Waals surface area contributed by atoms with Gasteiger partial charge in [-0.25, -0.2) is 0 Å². The van der Waals surface area contributed by atoms with Crippen molar-refractivity contribution in [2.24, 2.45) is 17.8 Å². The van der Waals surface area contributed by atoms with Gasteiger partial charge in [0.05, 0.1) is 6.42 Å². The van der Waals surface area contributed by atoms with Gasteiger partial charge < -0.3 is 4.90 Å². The van der Waals surface area contributed by atoms with Crippen LogP contribution >= 0.6 is 0 Å². The first-order valence-corrected chi connectivity index (χ1v) is 6.21. The molecule has 3 nitrogen and oxygen atoms in total. The van der Waals surface area contributed by atoms with Gasteiger partial charge in [0.2, 0.25) is 5.91 Å². The van der Waals surface area contributed by atoms with Gasteiger partial charge in [-0.3, -0.25) is 9.59 Å². The van der Waals surface area contributed by atoms with Crippen LogP contribution in [0, 0.1) is 17.8 Å². The maximum absolute atomic E-state index is 11.7. The largest absolute Gasteiger partial charge is 0.342 e. The van der Waals surface area contributed by atoms with Crippen molar-refractivity contribution < 1.29 is 9.59 Å². The predicted octanol–water partition coefficient (Wildman–Crippen LogP) is 2.11. The van der Waals surface area contributed by atoms with E-state index in [2.05, 4.69) is 27.7 Å². The van der Waals surface area contributed by atoms with Crippen molar-refractivity contribution in [3.8, 4) is 0 Å². The topological polar surface area (TPSA) is 37.4 Å². The lowest BCUT2D eigenvalue weighted by atomic mass is 9.85. The van der Waals surface area contributed by atoms with Gasteiger partial charge in [-0.2, -0.15) is 0 Å². The second-order valence-corrected chi connectivity index (χ2v) is 5.46. The van der Waals surface area contributed by atoms with Crippen LogP contribution in [-0.4, -0.2) is 29.7 Å². The maximum Gasteiger partial charge on any atom is 0.230 e. The number of nitrogens with zero attached hydrogens (tertiary/aromatic N) is 1. The smallest absolute Gasteiger partial charge is 0.230 e. The predicted molar refractivity (Wildman–Crippen MR) is 64.0 cm³/mol. The molecule has 0 radical (unpaired) electrons. The summed E-state index contributed by atoms with van der Waals surface area (Å²) >= 11 is 0. The van der Waals surface area contributed by atoms with Crippen LogP contribution in [0.2, 0.25) is 0 Å². The number of amides is 1. The van der Waals surface area contributed by atoms with Crippen molar-refractivity contribution in [1.82, 2.24) is 4.90 Å². The Balaban J connectivity index is 2.58. The highest BCUT2D eigenvalue weighted by Crippen LogP contribution is 2.23. The quantitative estimate of drug-likeness (QED) is 0.687. The van der Waals surface area contributed by atoms with Crippen LogP contribution in [0.3, 0.4) is 0 Å². The van der Waals surface area contributed by atoms with Crippen LogP contribution in [0.25, 0.3) is 0 Å². The summed E-state index contributed by atoms with van der Waals surface area (Å²) < 4.78 is 0. The van der Waals surface area contributed by atoms with Gasteiger partial charge in [0.1, 0.15) is 5.78 Å². The summed E-state index contributed by atoms with van der Waals surface area (Å²) in [5.41, 5.74) is 0. The van der Waals surface area contributed by atoms with Gasteiger partial charge in [0.25, 0.3) is 0 Å². The molecule has 16 heavy (non-hydrogen) atoms. The zero-order valence-corrected chi connectivity index (χ0v) is 10.8. The minimum absolute atomic E-state index is 0.0163. The molecule has 0 atom stereocenters. The number of hydrogen-bond donors (Lipinski definition) is 0. The third kappa shape index (κ3) is 3.32. The van der Waals surface area contributed by atoms with E-state index in [1.165, 1.54) is 0 Å². The van der Waals surface area contributed by atoms with E-state index in [0.717, 1.165) is 6.54 Å². The molecule has 1 fully saturated rings. The zero-order valence-electron chi connectivity index (χ0n) is 10.8. The molecule has 0 aromatic rings. The first kappa shape index (κ1) is 13.2. The summed E-state index contributed by atoms with van der Waals surface area (Å²) in [5.74, 6) is 1.78. The molecule has 0 N–H and O–H groups in total. The van der Waals surface area contributed by atoms with Gasteiger partial charge in [-0.15, -0.1) is 0 Å². The third-order valence-corrected chi connectivity index (χ3v) is 3.51. The fraction of sp³-hybridized carbons (Fsp3) is 0.846. The Morgan fingerprint density at radius 1 is 1.12 bits per heavy atom. The second-order valence-electron chi connectivity index (χ2n) is 5.46. The van der Waals surface area contributed by atoms with Crippen LogP contribution in [0.1, 0.15) is 40.5 Å². The molecule has 0 aromatic carbocycles. The normalized spacial score (nSPS) is 18.1. The summed E-state index contributed by atoms with van der Waals surface area (Å²) in [4.78, 5) is 24.7. The molecule has 0 saturated carbocycles. The zero-order chi connectivity index (χ0) is 12.3. The van der Waals surface area contributed by atoms with Gasteiger partial charge in [-0.1, -0.05) is 27.7 Å². The number of Topliss-reactive ketones (excluding diaryl/α,β-unsaturated/α-hetero) is 1. The van der Waals surface area contributed by atoms with Crippen LogP contribution in [-0.2, 0) is 9.59 Å². The Kier molecular flexibility index (Phi) is 4.51. The highest BCUT2D eigenvalue weighted by atomic mass is 16.2. The Hall–Kier alpha value is -0.860. The van der Waals surface area contributed by atoms with Crippen LogP contribution in [0.4, 0.5) is 0 Å². The number of likely N-dealkylation sites (tertiary alicyclic amines) is 1. The molecule has 1 heterocycles. The Bertz CT molecular complexity index is 263. The lowest BCUT2D eigenvalue weighted by molar-refractivity contribution is -0.140. The summed E-state index contributed by atoms with van der Waals surface area (Å²) in [7, 11) is 0. The third-order valence-electron chi connectivity index (χ3n) is 3.51. The molecule has 0 bridgehead atoms. The highest BCUT2D eigenvalue weighted by Gasteiger charge is 2.28. The second kappa shape index (κ2) is 5.46. The molecule has 1 saturated heterocycles. The van der Waals surface area contributed by atoms with Crippen molar-refractivity contribution >= 4 is 11.7 Å². The van der Waals surface area contributed by atoms with Gasteiger partial charge in [0.15, 0.2) is 0 Å². The van der Waals surface area contributed by atoms with Crippen molar-refractivity contribution in [2.75, 3.05) is 13.1 Å². The summed E-state index contributed by atoms with van der Waals surface area (Å²) in [6, 6.07) is 0. The minimum atomic E-state index is 0.0163. The fourth-order valence-electron chi connectivity index (χ4n) is 2.39. The molecule has 0 unspecified atom stereocenters. The molecule has 3 heteroatoms.